The molecule has 0 amide bonds. The molecule has 1 saturated heterocycles. The highest BCUT2D eigenvalue weighted by atomic mass is 19.1. The summed E-state index contributed by atoms with van der Waals surface area (Å²) in [7, 11) is 0. The van der Waals surface area contributed by atoms with Gasteiger partial charge in [0.2, 0.25) is 0 Å². The summed E-state index contributed by atoms with van der Waals surface area (Å²) in [5.74, 6) is 0. The molecule has 0 aromatic heterocycles. The van der Waals surface area contributed by atoms with Crippen molar-refractivity contribution in [3.05, 3.63) is 35.4 Å². The Morgan fingerprint density at radius 2 is 2.27 bits per heavy atom. The van der Waals surface area contributed by atoms with Gasteiger partial charge in [-0.1, -0.05) is 24.3 Å². The van der Waals surface area contributed by atoms with Gasteiger partial charge in [0.05, 0.1) is 0 Å². The average Bonchev–Trinajstić information content (AvgIpc) is 2.71. The van der Waals surface area contributed by atoms with Crippen LogP contribution in [0.5, 0.6) is 0 Å². The summed E-state index contributed by atoms with van der Waals surface area (Å²) in [6.45, 7) is 3.02. The van der Waals surface area contributed by atoms with Crippen LogP contribution in [-0.2, 0) is 0 Å². The fourth-order valence-electron chi connectivity index (χ4n) is 2.27. The van der Waals surface area contributed by atoms with Crippen molar-refractivity contribution in [3.63, 3.8) is 0 Å². The molecule has 0 saturated carbocycles. The van der Waals surface area contributed by atoms with Crippen LogP contribution in [0.15, 0.2) is 24.3 Å². The maximum atomic E-state index is 14.0. The monoisotopic (exact) mass is 207 g/mol. The minimum absolute atomic E-state index is 0.375. The second-order valence-corrected chi connectivity index (χ2v) is 4.35. The minimum atomic E-state index is -0.818. The summed E-state index contributed by atoms with van der Waals surface area (Å²) in [6.07, 6.45) is 2.10. The van der Waals surface area contributed by atoms with E-state index in [1.54, 1.807) is 0 Å². The summed E-state index contributed by atoms with van der Waals surface area (Å²) >= 11 is 0. The van der Waals surface area contributed by atoms with Gasteiger partial charge in [-0.15, -0.1) is 0 Å². The molecule has 2 atom stereocenters. The Morgan fingerprint density at radius 3 is 2.93 bits per heavy atom. The SMILES string of the molecule is Cc1ccccc1C(F)CC1CCCN1. The maximum absolute atomic E-state index is 14.0. The Hall–Kier alpha value is -0.890. The molecule has 0 bridgehead atoms. The van der Waals surface area contributed by atoms with Crippen LogP contribution >= 0.6 is 0 Å². The molecule has 1 aromatic rings. The molecule has 0 radical (unpaired) electrons. The number of halogens is 1. The van der Waals surface area contributed by atoms with Crippen LogP contribution in [0.2, 0.25) is 0 Å². The Morgan fingerprint density at radius 1 is 1.47 bits per heavy atom. The van der Waals surface area contributed by atoms with Crippen molar-refractivity contribution in [2.75, 3.05) is 6.54 Å². The van der Waals surface area contributed by atoms with E-state index in [4.69, 9.17) is 0 Å². The van der Waals surface area contributed by atoms with Crippen molar-refractivity contribution in [1.82, 2.24) is 5.32 Å². The number of rotatable bonds is 3. The van der Waals surface area contributed by atoms with Gasteiger partial charge in [0.25, 0.3) is 0 Å². The van der Waals surface area contributed by atoms with E-state index in [-0.39, 0.29) is 0 Å². The van der Waals surface area contributed by atoms with E-state index in [0.29, 0.717) is 12.5 Å². The summed E-state index contributed by atoms with van der Waals surface area (Å²) < 4.78 is 14.0. The predicted molar refractivity (Wildman–Crippen MR) is 60.7 cm³/mol. The molecule has 2 rings (SSSR count). The number of benzene rings is 1. The lowest BCUT2D eigenvalue weighted by Crippen LogP contribution is -2.22. The van der Waals surface area contributed by atoms with Crippen molar-refractivity contribution in [2.24, 2.45) is 0 Å². The average molecular weight is 207 g/mol. The normalized spacial score (nSPS) is 22.9. The molecule has 1 aromatic carbocycles. The first kappa shape index (κ1) is 10.6. The third kappa shape index (κ3) is 2.57. The van der Waals surface area contributed by atoms with Crippen LogP contribution in [-0.4, -0.2) is 12.6 Å². The van der Waals surface area contributed by atoms with Gasteiger partial charge in [0, 0.05) is 6.04 Å². The lowest BCUT2D eigenvalue weighted by molar-refractivity contribution is 0.292. The Balaban J connectivity index is 2.00. The highest BCUT2D eigenvalue weighted by molar-refractivity contribution is 5.27. The van der Waals surface area contributed by atoms with Crippen molar-refractivity contribution in [1.29, 1.82) is 0 Å². The Kier molecular flexibility index (Phi) is 3.37. The van der Waals surface area contributed by atoms with E-state index in [2.05, 4.69) is 5.32 Å². The predicted octanol–water partition coefficient (Wildman–Crippen LogP) is 3.15. The molecule has 0 spiro atoms. The highest BCUT2D eigenvalue weighted by Gasteiger charge is 2.20. The smallest absolute Gasteiger partial charge is 0.127 e. The summed E-state index contributed by atoms with van der Waals surface area (Å²) in [5.41, 5.74) is 1.91. The van der Waals surface area contributed by atoms with Crippen molar-refractivity contribution < 1.29 is 4.39 Å². The molecular formula is C13H18FN. The number of hydrogen-bond donors (Lipinski definition) is 1. The van der Waals surface area contributed by atoms with Crippen LogP contribution in [0, 0.1) is 6.92 Å². The first-order valence-corrected chi connectivity index (χ1v) is 5.70. The number of alkyl halides is 1. The van der Waals surface area contributed by atoms with Crippen LogP contribution in [0.4, 0.5) is 4.39 Å². The van der Waals surface area contributed by atoms with E-state index in [0.717, 1.165) is 24.1 Å². The molecule has 1 N–H and O–H groups in total. The van der Waals surface area contributed by atoms with Gasteiger partial charge in [0.1, 0.15) is 6.17 Å². The summed E-state index contributed by atoms with van der Waals surface area (Å²) in [4.78, 5) is 0. The standard InChI is InChI=1S/C13H18FN/c1-10-5-2-3-7-12(10)13(14)9-11-6-4-8-15-11/h2-3,5,7,11,13,15H,4,6,8-9H2,1H3. The number of aryl methyl sites for hydroxylation is 1. The lowest BCUT2D eigenvalue weighted by atomic mass is 9.98. The first-order valence-electron chi connectivity index (χ1n) is 5.70. The zero-order valence-corrected chi connectivity index (χ0v) is 9.17. The molecule has 82 valence electrons. The van der Waals surface area contributed by atoms with Gasteiger partial charge < -0.3 is 5.32 Å². The molecular weight excluding hydrogens is 189 g/mol. The van der Waals surface area contributed by atoms with Gasteiger partial charge in [-0.05, 0) is 43.9 Å². The molecule has 2 heteroatoms. The summed E-state index contributed by atoms with van der Waals surface area (Å²) in [6, 6.07) is 8.12. The van der Waals surface area contributed by atoms with Gasteiger partial charge >= 0.3 is 0 Å². The highest BCUT2D eigenvalue weighted by Crippen LogP contribution is 2.27. The first-order chi connectivity index (χ1) is 7.27. The van der Waals surface area contributed by atoms with Crippen LogP contribution in [0.1, 0.15) is 36.6 Å². The molecule has 1 nitrogen and oxygen atoms in total. The van der Waals surface area contributed by atoms with Gasteiger partial charge in [-0.2, -0.15) is 0 Å². The van der Waals surface area contributed by atoms with E-state index in [9.17, 15) is 4.39 Å². The zero-order chi connectivity index (χ0) is 10.7. The van der Waals surface area contributed by atoms with Gasteiger partial charge in [0.15, 0.2) is 0 Å². The van der Waals surface area contributed by atoms with E-state index in [1.165, 1.54) is 6.42 Å². The van der Waals surface area contributed by atoms with E-state index < -0.39 is 6.17 Å². The largest absolute Gasteiger partial charge is 0.314 e. The quantitative estimate of drug-likeness (QED) is 0.803. The molecule has 1 fully saturated rings. The molecule has 0 aliphatic carbocycles. The molecule has 1 aliphatic heterocycles. The molecule has 2 unspecified atom stereocenters. The van der Waals surface area contributed by atoms with E-state index in [1.807, 2.05) is 31.2 Å². The van der Waals surface area contributed by atoms with Crippen molar-refractivity contribution in [3.8, 4) is 0 Å². The van der Waals surface area contributed by atoms with Gasteiger partial charge in [-0.3, -0.25) is 0 Å². The zero-order valence-electron chi connectivity index (χ0n) is 9.17. The third-order valence-corrected chi connectivity index (χ3v) is 3.18. The second kappa shape index (κ2) is 4.75. The lowest BCUT2D eigenvalue weighted by Gasteiger charge is -2.15. The van der Waals surface area contributed by atoms with Crippen molar-refractivity contribution in [2.45, 2.75) is 38.4 Å². The van der Waals surface area contributed by atoms with Crippen LogP contribution < -0.4 is 5.32 Å². The molecule has 1 heterocycles. The number of nitrogens with one attached hydrogen (secondary N) is 1. The second-order valence-electron chi connectivity index (χ2n) is 4.35. The Labute approximate surface area is 90.7 Å². The number of hydrogen-bond acceptors (Lipinski definition) is 1. The van der Waals surface area contributed by atoms with Gasteiger partial charge in [-0.25, -0.2) is 4.39 Å². The van der Waals surface area contributed by atoms with Crippen molar-refractivity contribution >= 4 is 0 Å². The summed E-state index contributed by atoms with van der Waals surface area (Å²) in [5, 5.41) is 3.34. The van der Waals surface area contributed by atoms with E-state index >= 15 is 0 Å². The minimum Gasteiger partial charge on any atom is -0.314 e. The Bertz CT molecular complexity index is 318. The maximum Gasteiger partial charge on any atom is 0.127 e. The fraction of sp³-hybridized carbons (Fsp3) is 0.538. The molecule has 1 aliphatic rings. The van der Waals surface area contributed by atoms with Crippen LogP contribution in [0.3, 0.4) is 0 Å². The van der Waals surface area contributed by atoms with Crippen LogP contribution in [0.25, 0.3) is 0 Å². The molecule has 15 heavy (non-hydrogen) atoms. The third-order valence-electron chi connectivity index (χ3n) is 3.18. The topological polar surface area (TPSA) is 12.0 Å². The fourth-order valence-corrected chi connectivity index (χ4v) is 2.27.